The molecule has 1 N–H and O–H groups in total. The average molecular weight is 416 g/mol. The van der Waals surface area contributed by atoms with Gasteiger partial charge in [0, 0.05) is 36.7 Å². The van der Waals surface area contributed by atoms with Gasteiger partial charge in [-0.1, -0.05) is 19.1 Å². The topological polar surface area (TPSA) is 61.9 Å². The van der Waals surface area contributed by atoms with Gasteiger partial charge < -0.3 is 15.0 Å². The minimum atomic E-state index is -0.384. The van der Waals surface area contributed by atoms with E-state index >= 15 is 0 Å². The normalized spacial score (nSPS) is 14.7. The maximum Gasteiger partial charge on any atom is 0.341 e. The van der Waals surface area contributed by atoms with Crippen molar-refractivity contribution in [2.75, 3.05) is 49.5 Å². The maximum absolute atomic E-state index is 12.6. The smallest absolute Gasteiger partial charge is 0.341 e. The number of thiophene rings is 1. The molecule has 1 aliphatic heterocycles. The van der Waals surface area contributed by atoms with Crippen LogP contribution in [0.1, 0.15) is 34.6 Å². The number of hydrogen-bond acceptors (Lipinski definition) is 6. The van der Waals surface area contributed by atoms with E-state index in [-0.39, 0.29) is 11.9 Å². The third-order valence-corrected chi connectivity index (χ3v) is 6.18. The predicted octanol–water partition coefficient (Wildman–Crippen LogP) is 3.56. The highest BCUT2D eigenvalue weighted by Crippen LogP contribution is 2.29. The van der Waals surface area contributed by atoms with Crippen LogP contribution in [0.3, 0.4) is 0 Å². The lowest BCUT2D eigenvalue weighted by molar-refractivity contribution is -0.117. The molecule has 0 aliphatic carbocycles. The third-order valence-electron chi connectivity index (χ3n) is 4.99. The standard InChI is InChI=1S/C22H29N3O3S/c1-4-18-14-19(22(27)28-5-2)21(29-18)23-20(26)15-24-9-11-25(12-10-24)17-8-6-7-16(3)13-17/h6-8,13-14H,4-5,9-12,15H2,1-3H3,(H,23,26). The van der Waals surface area contributed by atoms with E-state index in [4.69, 9.17) is 4.74 Å². The molecule has 0 unspecified atom stereocenters. The summed E-state index contributed by atoms with van der Waals surface area (Å²) in [4.78, 5) is 30.3. The second-order valence-electron chi connectivity index (χ2n) is 7.18. The Kier molecular flexibility index (Phi) is 7.28. The first-order chi connectivity index (χ1) is 14.0. The Hall–Kier alpha value is -2.38. The van der Waals surface area contributed by atoms with Gasteiger partial charge in [0.05, 0.1) is 18.7 Å². The molecule has 0 bridgehead atoms. The monoisotopic (exact) mass is 415 g/mol. The van der Waals surface area contributed by atoms with Gasteiger partial charge in [0.25, 0.3) is 0 Å². The van der Waals surface area contributed by atoms with Crippen molar-refractivity contribution in [1.82, 2.24) is 4.90 Å². The van der Waals surface area contributed by atoms with Crippen LogP contribution in [-0.4, -0.2) is 56.1 Å². The number of amides is 1. The molecule has 1 aromatic carbocycles. The highest BCUT2D eigenvalue weighted by atomic mass is 32.1. The molecule has 0 radical (unpaired) electrons. The van der Waals surface area contributed by atoms with E-state index < -0.39 is 0 Å². The van der Waals surface area contributed by atoms with Crippen molar-refractivity contribution in [2.45, 2.75) is 27.2 Å². The molecule has 7 heteroatoms. The number of benzene rings is 1. The van der Waals surface area contributed by atoms with E-state index in [1.165, 1.54) is 22.6 Å². The number of nitrogens with one attached hydrogen (secondary N) is 1. The van der Waals surface area contributed by atoms with E-state index in [1.807, 2.05) is 13.0 Å². The Labute approximate surface area is 176 Å². The Morgan fingerprint density at radius 3 is 2.55 bits per heavy atom. The Morgan fingerprint density at radius 2 is 1.90 bits per heavy atom. The van der Waals surface area contributed by atoms with Crippen molar-refractivity contribution in [1.29, 1.82) is 0 Å². The molecule has 29 heavy (non-hydrogen) atoms. The molecule has 2 aromatic rings. The molecule has 1 saturated heterocycles. The number of carbonyl (C=O) groups is 2. The van der Waals surface area contributed by atoms with E-state index in [0.29, 0.717) is 23.7 Å². The second kappa shape index (κ2) is 9.89. The fourth-order valence-corrected chi connectivity index (χ4v) is 4.43. The third kappa shape index (κ3) is 5.58. The summed E-state index contributed by atoms with van der Waals surface area (Å²) >= 11 is 1.44. The van der Waals surface area contributed by atoms with Gasteiger partial charge in [0.15, 0.2) is 0 Å². The highest BCUT2D eigenvalue weighted by Gasteiger charge is 2.22. The number of aryl methyl sites for hydroxylation is 2. The molecule has 3 rings (SSSR count). The number of nitrogens with zero attached hydrogens (tertiary/aromatic N) is 2. The first-order valence-corrected chi connectivity index (χ1v) is 11.0. The highest BCUT2D eigenvalue weighted by molar-refractivity contribution is 7.16. The largest absolute Gasteiger partial charge is 0.462 e. The van der Waals surface area contributed by atoms with Crippen LogP contribution < -0.4 is 10.2 Å². The number of ether oxygens (including phenoxy) is 1. The van der Waals surface area contributed by atoms with Gasteiger partial charge in [-0.2, -0.15) is 0 Å². The van der Waals surface area contributed by atoms with Gasteiger partial charge in [-0.3, -0.25) is 9.69 Å². The van der Waals surface area contributed by atoms with Gasteiger partial charge in [-0.25, -0.2) is 4.79 Å². The molecule has 1 aromatic heterocycles. The molecular formula is C22H29N3O3S. The average Bonchev–Trinajstić information content (AvgIpc) is 3.11. The fourth-order valence-electron chi connectivity index (χ4n) is 3.43. The van der Waals surface area contributed by atoms with Crippen molar-refractivity contribution in [3.63, 3.8) is 0 Å². The van der Waals surface area contributed by atoms with Crippen LogP contribution in [0.15, 0.2) is 30.3 Å². The van der Waals surface area contributed by atoms with Gasteiger partial charge in [-0.05, 0) is 44.0 Å². The van der Waals surface area contributed by atoms with E-state index in [2.05, 4.69) is 46.3 Å². The molecule has 2 heterocycles. The van der Waals surface area contributed by atoms with Crippen LogP contribution in [0.5, 0.6) is 0 Å². The summed E-state index contributed by atoms with van der Waals surface area (Å²) in [5, 5.41) is 3.51. The molecular weight excluding hydrogens is 386 g/mol. The van der Waals surface area contributed by atoms with E-state index in [1.54, 1.807) is 6.92 Å². The summed E-state index contributed by atoms with van der Waals surface area (Å²) in [6.07, 6.45) is 0.813. The molecule has 1 fully saturated rings. The lowest BCUT2D eigenvalue weighted by Gasteiger charge is -2.35. The van der Waals surface area contributed by atoms with Crippen LogP contribution in [0.2, 0.25) is 0 Å². The SMILES string of the molecule is CCOC(=O)c1cc(CC)sc1NC(=O)CN1CCN(c2cccc(C)c2)CC1. The van der Waals surface area contributed by atoms with Crippen LogP contribution in [0, 0.1) is 6.92 Å². The molecule has 6 nitrogen and oxygen atoms in total. The summed E-state index contributed by atoms with van der Waals surface area (Å²) in [5.74, 6) is -0.477. The van der Waals surface area contributed by atoms with Crippen LogP contribution in [0.4, 0.5) is 10.7 Å². The minimum absolute atomic E-state index is 0.0935. The van der Waals surface area contributed by atoms with Crippen LogP contribution >= 0.6 is 11.3 Å². The predicted molar refractivity (Wildman–Crippen MR) is 118 cm³/mol. The zero-order chi connectivity index (χ0) is 20.8. The number of anilines is 2. The molecule has 1 amide bonds. The van der Waals surface area contributed by atoms with Gasteiger partial charge >= 0.3 is 5.97 Å². The minimum Gasteiger partial charge on any atom is -0.462 e. The van der Waals surface area contributed by atoms with Crippen molar-refractivity contribution in [3.05, 3.63) is 46.3 Å². The molecule has 156 valence electrons. The zero-order valence-corrected chi connectivity index (χ0v) is 18.2. The number of piperazine rings is 1. The summed E-state index contributed by atoms with van der Waals surface area (Å²) in [7, 11) is 0. The summed E-state index contributed by atoms with van der Waals surface area (Å²) in [5.41, 5.74) is 2.94. The number of hydrogen-bond donors (Lipinski definition) is 1. The van der Waals surface area contributed by atoms with Gasteiger partial charge in [0.2, 0.25) is 5.91 Å². The molecule has 0 atom stereocenters. The zero-order valence-electron chi connectivity index (χ0n) is 17.4. The van der Waals surface area contributed by atoms with E-state index in [0.717, 1.165) is 37.5 Å². The van der Waals surface area contributed by atoms with Gasteiger partial charge in [-0.15, -0.1) is 11.3 Å². The van der Waals surface area contributed by atoms with Gasteiger partial charge in [0.1, 0.15) is 5.00 Å². The first-order valence-electron chi connectivity index (χ1n) is 10.1. The van der Waals surface area contributed by atoms with Crippen molar-refractivity contribution < 1.29 is 14.3 Å². The Bertz CT molecular complexity index is 857. The first kappa shape index (κ1) is 21.3. The maximum atomic E-state index is 12.6. The lowest BCUT2D eigenvalue weighted by Crippen LogP contribution is -2.48. The molecule has 0 spiro atoms. The number of carbonyl (C=O) groups excluding carboxylic acids is 2. The summed E-state index contributed by atoms with van der Waals surface area (Å²) in [6, 6.07) is 10.3. The lowest BCUT2D eigenvalue weighted by atomic mass is 10.2. The summed E-state index contributed by atoms with van der Waals surface area (Å²) in [6.45, 7) is 9.99. The number of esters is 1. The molecule has 1 aliphatic rings. The summed E-state index contributed by atoms with van der Waals surface area (Å²) < 4.78 is 5.12. The van der Waals surface area contributed by atoms with Crippen molar-refractivity contribution >= 4 is 33.9 Å². The Morgan fingerprint density at radius 1 is 1.14 bits per heavy atom. The van der Waals surface area contributed by atoms with Crippen LogP contribution in [-0.2, 0) is 16.0 Å². The van der Waals surface area contributed by atoms with Crippen molar-refractivity contribution in [3.8, 4) is 0 Å². The van der Waals surface area contributed by atoms with E-state index in [9.17, 15) is 9.59 Å². The quantitative estimate of drug-likeness (QED) is 0.701. The Balaban J connectivity index is 1.55. The fraction of sp³-hybridized carbons (Fsp3) is 0.455. The number of rotatable bonds is 7. The second-order valence-corrected chi connectivity index (χ2v) is 8.32. The van der Waals surface area contributed by atoms with Crippen molar-refractivity contribution in [2.24, 2.45) is 0 Å². The van der Waals surface area contributed by atoms with Crippen LogP contribution in [0.25, 0.3) is 0 Å². The molecule has 0 saturated carbocycles.